The molecule has 0 spiro atoms. The molecule has 0 saturated heterocycles. The quantitative estimate of drug-likeness (QED) is 0.578. The first-order valence-electron chi connectivity index (χ1n) is 9.42. The van der Waals surface area contributed by atoms with E-state index in [0.717, 1.165) is 5.56 Å². The summed E-state index contributed by atoms with van der Waals surface area (Å²) in [6.45, 7) is 0.469. The first kappa shape index (κ1) is 21.6. The number of carbonyl (C=O) groups is 2. The van der Waals surface area contributed by atoms with Crippen LogP contribution in [-0.4, -0.2) is 42.3 Å². The zero-order valence-electron chi connectivity index (χ0n) is 16.8. The van der Waals surface area contributed by atoms with Crippen molar-refractivity contribution in [2.24, 2.45) is 0 Å². The third kappa shape index (κ3) is 5.71. The van der Waals surface area contributed by atoms with Gasteiger partial charge in [-0.15, -0.1) is 11.3 Å². The number of hydrogen-bond acceptors (Lipinski definition) is 5. The number of aromatic nitrogens is 1. The lowest BCUT2D eigenvalue weighted by atomic mass is 10.1. The number of amides is 2. The van der Waals surface area contributed by atoms with Crippen molar-refractivity contribution < 1.29 is 14.0 Å². The van der Waals surface area contributed by atoms with Gasteiger partial charge in [0.1, 0.15) is 5.82 Å². The van der Waals surface area contributed by atoms with E-state index in [-0.39, 0.29) is 23.9 Å². The van der Waals surface area contributed by atoms with Crippen LogP contribution in [0, 0.1) is 5.82 Å². The summed E-state index contributed by atoms with van der Waals surface area (Å²) in [6, 6.07) is 15.8. The molecule has 0 aliphatic heterocycles. The van der Waals surface area contributed by atoms with E-state index in [1.54, 1.807) is 11.4 Å². The molecule has 6 nitrogen and oxygen atoms in total. The summed E-state index contributed by atoms with van der Waals surface area (Å²) >= 11 is 1.19. The Hall–Kier alpha value is -3.10. The fraction of sp³-hybridized carbons (Fsp3) is 0.227. The first-order valence-corrected chi connectivity index (χ1v) is 10.3. The van der Waals surface area contributed by atoms with Crippen molar-refractivity contribution in [2.45, 2.75) is 12.5 Å². The largest absolute Gasteiger partial charge is 0.354 e. The van der Waals surface area contributed by atoms with Gasteiger partial charge in [-0.1, -0.05) is 42.5 Å². The number of hydrogen-bond donors (Lipinski definition) is 2. The van der Waals surface area contributed by atoms with Crippen LogP contribution in [0.1, 0.15) is 27.7 Å². The van der Waals surface area contributed by atoms with Crippen molar-refractivity contribution in [3.8, 4) is 0 Å². The van der Waals surface area contributed by atoms with Gasteiger partial charge in [0, 0.05) is 11.9 Å². The number of halogens is 1. The van der Waals surface area contributed by atoms with Crippen LogP contribution in [0.3, 0.4) is 0 Å². The molecule has 2 amide bonds. The van der Waals surface area contributed by atoms with E-state index in [9.17, 15) is 14.0 Å². The predicted octanol–water partition coefficient (Wildman–Crippen LogP) is 3.50. The molecule has 8 heteroatoms. The molecule has 1 atom stereocenters. The Balaban J connectivity index is 1.54. The number of nitrogens with one attached hydrogen (secondary N) is 2. The Labute approximate surface area is 178 Å². The fourth-order valence-electron chi connectivity index (χ4n) is 2.97. The Morgan fingerprint density at radius 2 is 1.80 bits per heavy atom. The molecule has 0 bridgehead atoms. The second-order valence-corrected chi connectivity index (χ2v) is 7.81. The number of rotatable bonds is 8. The Morgan fingerprint density at radius 3 is 2.50 bits per heavy atom. The Bertz CT molecular complexity index is 1010. The predicted molar refractivity (Wildman–Crippen MR) is 116 cm³/mol. The molecule has 1 unspecified atom stereocenters. The maximum Gasteiger partial charge on any atom is 0.260 e. The molecular weight excluding hydrogens is 403 g/mol. The van der Waals surface area contributed by atoms with Gasteiger partial charge in [-0.25, -0.2) is 9.37 Å². The van der Waals surface area contributed by atoms with Crippen LogP contribution in [0.4, 0.5) is 9.52 Å². The van der Waals surface area contributed by atoms with Crippen molar-refractivity contribution in [3.63, 3.8) is 0 Å². The van der Waals surface area contributed by atoms with Gasteiger partial charge in [0.15, 0.2) is 5.13 Å². The van der Waals surface area contributed by atoms with E-state index >= 15 is 0 Å². The van der Waals surface area contributed by atoms with E-state index in [4.69, 9.17) is 0 Å². The summed E-state index contributed by atoms with van der Waals surface area (Å²) in [5, 5.41) is 7.54. The molecule has 3 aromatic rings. The van der Waals surface area contributed by atoms with Crippen LogP contribution in [0.15, 0.2) is 60.0 Å². The van der Waals surface area contributed by atoms with Gasteiger partial charge >= 0.3 is 0 Å². The van der Waals surface area contributed by atoms with Crippen LogP contribution >= 0.6 is 11.3 Å². The van der Waals surface area contributed by atoms with Crippen molar-refractivity contribution >= 4 is 28.3 Å². The van der Waals surface area contributed by atoms with Crippen molar-refractivity contribution in [3.05, 3.63) is 82.6 Å². The lowest BCUT2D eigenvalue weighted by molar-refractivity contribution is -0.120. The SMILES string of the molecule is CN(C)C(CNC(=O)Cc1csc(NC(=O)c2ccccc2F)n1)c1ccccc1. The van der Waals surface area contributed by atoms with Gasteiger partial charge in [0.25, 0.3) is 5.91 Å². The van der Waals surface area contributed by atoms with Crippen LogP contribution in [-0.2, 0) is 11.2 Å². The van der Waals surface area contributed by atoms with Gasteiger partial charge in [0.2, 0.25) is 5.91 Å². The molecule has 2 N–H and O–H groups in total. The highest BCUT2D eigenvalue weighted by Crippen LogP contribution is 2.19. The average molecular weight is 427 g/mol. The van der Waals surface area contributed by atoms with E-state index < -0.39 is 11.7 Å². The smallest absolute Gasteiger partial charge is 0.260 e. The molecule has 0 radical (unpaired) electrons. The topological polar surface area (TPSA) is 74.3 Å². The van der Waals surface area contributed by atoms with Crippen LogP contribution in [0.2, 0.25) is 0 Å². The molecule has 1 aromatic heterocycles. The molecule has 0 aliphatic rings. The zero-order chi connectivity index (χ0) is 21.5. The van der Waals surface area contributed by atoms with E-state index in [1.807, 2.05) is 44.4 Å². The Kier molecular flexibility index (Phi) is 7.26. The minimum Gasteiger partial charge on any atom is -0.354 e. The summed E-state index contributed by atoms with van der Waals surface area (Å²) in [4.78, 5) is 30.8. The molecule has 2 aromatic carbocycles. The highest BCUT2D eigenvalue weighted by molar-refractivity contribution is 7.14. The van der Waals surface area contributed by atoms with E-state index in [0.29, 0.717) is 17.4 Å². The van der Waals surface area contributed by atoms with Gasteiger partial charge in [-0.3, -0.25) is 14.9 Å². The summed E-state index contributed by atoms with van der Waals surface area (Å²) in [7, 11) is 3.93. The molecule has 3 rings (SSSR count). The molecule has 0 aliphatic carbocycles. The number of thiazole rings is 1. The maximum atomic E-state index is 13.7. The van der Waals surface area contributed by atoms with Gasteiger partial charge < -0.3 is 10.2 Å². The number of anilines is 1. The number of likely N-dealkylation sites (N-methyl/N-ethyl adjacent to an activating group) is 1. The van der Waals surface area contributed by atoms with E-state index in [2.05, 4.69) is 20.5 Å². The second-order valence-electron chi connectivity index (χ2n) is 6.95. The van der Waals surface area contributed by atoms with E-state index in [1.165, 1.54) is 29.5 Å². The summed E-state index contributed by atoms with van der Waals surface area (Å²) < 4.78 is 13.7. The minimum absolute atomic E-state index is 0.0531. The zero-order valence-corrected chi connectivity index (χ0v) is 17.6. The second kappa shape index (κ2) is 10.1. The lowest BCUT2D eigenvalue weighted by Crippen LogP contribution is -2.35. The van der Waals surface area contributed by atoms with Gasteiger partial charge in [-0.2, -0.15) is 0 Å². The fourth-order valence-corrected chi connectivity index (χ4v) is 3.67. The summed E-state index contributed by atoms with van der Waals surface area (Å²) in [6.07, 6.45) is 0.0982. The normalized spacial score (nSPS) is 11.9. The average Bonchev–Trinajstić information content (AvgIpc) is 3.15. The first-order chi connectivity index (χ1) is 14.4. The van der Waals surface area contributed by atoms with Crippen LogP contribution in [0.25, 0.3) is 0 Å². The molecule has 30 heavy (non-hydrogen) atoms. The molecule has 0 saturated carbocycles. The third-order valence-corrected chi connectivity index (χ3v) is 5.34. The van der Waals surface area contributed by atoms with Crippen molar-refractivity contribution in [1.29, 1.82) is 0 Å². The van der Waals surface area contributed by atoms with Crippen molar-refractivity contribution in [2.75, 3.05) is 26.0 Å². The monoisotopic (exact) mass is 426 g/mol. The van der Waals surface area contributed by atoms with Crippen LogP contribution in [0.5, 0.6) is 0 Å². The van der Waals surface area contributed by atoms with Crippen LogP contribution < -0.4 is 10.6 Å². The van der Waals surface area contributed by atoms with Gasteiger partial charge in [0.05, 0.1) is 23.7 Å². The maximum absolute atomic E-state index is 13.7. The highest BCUT2D eigenvalue weighted by Gasteiger charge is 2.17. The summed E-state index contributed by atoms with van der Waals surface area (Å²) in [5.41, 5.74) is 1.61. The number of benzene rings is 2. The molecular formula is C22H23FN4O2S. The number of nitrogens with zero attached hydrogens (tertiary/aromatic N) is 2. The Morgan fingerprint density at radius 1 is 1.10 bits per heavy atom. The standard InChI is InChI=1S/C22H23FN4O2S/c1-27(2)19(15-8-4-3-5-9-15)13-24-20(28)12-16-14-30-22(25-16)26-21(29)17-10-6-7-11-18(17)23/h3-11,14,19H,12-13H2,1-2H3,(H,24,28)(H,25,26,29). The third-order valence-electron chi connectivity index (χ3n) is 4.53. The van der Waals surface area contributed by atoms with Crippen molar-refractivity contribution in [1.82, 2.24) is 15.2 Å². The summed E-state index contributed by atoms with van der Waals surface area (Å²) in [5.74, 6) is -1.33. The number of carbonyl (C=O) groups excluding carboxylic acids is 2. The molecule has 156 valence electrons. The molecule has 1 heterocycles. The highest BCUT2D eigenvalue weighted by atomic mass is 32.1. The lowest BCUT2D eigenvalue weighted by Gasteiger charge is -2.25. The minimum atomic E-state index is -0.597. The molecule has 0 fully saturated rings. The van der Waals surface area contributed by atoms with Gasteiger partial charge in [-0.05, 0) is 31.8 Å².